The molecule has 12 nitrogen and oxygen atoms in total. The molecule has 0 saturated heterocycles. The summed E-state index contributed by atoms with van der Waals surface area (Å²) in [5, 5.41) is 28.9. The van der Waals surface area contributed by atoms with E-state index in [0.29, 0.717) is 41.2 Å². The van der Waals surface area contributed by atoms with E-state index < -0.39 is 17.6 Å². The van der Waals surface area contributed by atoms with Crippen LogP contribution in [0.3, 0.4) is 0 Å². The smallest absolute Gasteiger partial charge is 0.274 e. The first-order chi connectivity index (χ1) is 20.8. The number of rotatable bonds is 9. The standard InChI is InChI=1S/C31H31N9O3/c1-3-25(37-28-22(16-32)27(33)35-18-36-28)31(2)38-24-11-7-10-23(26(24)30(42)40(31)21-8-5-4-6-9-21)34-17-19-12-14-20(15-13-19)29(41)39-43/h4-15,18,25,34,38,43H,3,17H2,1-2H3,(H,39,41)(H3,33,35,36,37)/t25-,31?/m0/s1. The third-order valence-corrected chi connectivity index (χ3v) is 7.53. The zero-order valence-electron chi connectivity index (χ0n) is 23.6. The lowest BCUT2D eigenvalue weighted by Gasteiger charge is -2.50. The molecule has 5 rings (SSSR count). The first-order valence-electron chi connectivity index (χ1n) is 13.7. The number of hydrogen-bond acceptors (Lipinski definition) is 10. The number of para-hydroxylation sites is 1. The minimum atomic E-state index is -1.01. The number of amides is 2. The number of hydroxylamine groups is 1. The fraction of sp³-hybridized carbons (Fsp3) is 0.194. The predicted octanol–water partition coefficient (Wildman–Crippen LogP) is 4.34. The summed E-state index contributed by atoms with van der Waals surface area (Å²) in [6, 6.07) is 23.4. The largest absolute Gasteiger partial charge is 0.382 e. The number of carbonyl (C=O) groups is 2. The van der Waals surface area contributed by atoms with Crippen molar-refractivity contribution in [2.75, 3.05) is 26.6 Å². The molecule has 0 bridgehead atoms. The van der Waals surface area contributed by atoms with E-state index in [1.807, 2.05) is 62.4 Å². The fourth-order valence-electron chi connectivity index (χ4n) is 5.35. The normalized spacial score (nSPS) is 16.3. The molecule has 2 amide bonds. The summed E-state index contributed by atoms with van der Waals surface area (Å²) >= 11 is 0. The number of nitrogen functional groups attached to an aromatic ring is 1. The number of nitriles is 1. The van der Waals surface area contributed by atoms with Crippen molar-refractivity contribution >= 4 is 40.5 Å². The summed E-state index contributed by atoms with van der Waals surface area (Å²) in [6.07, 6.45) is 1.86. The number of hydrogen-bond donors (Lipinski definition) is 6. The van der Waals surface area contributed by atoms with Crippen LogP contribution >= 0.6 is 0 Å². The topological polar surface area (TPSA) is 181 Å². The molecule has 0 spiro atoms. The minimum absolute atomic E-state index is 0.0694. The van der Waals surface area contributed by atoms with Crippen molar-refractivity contribution in [2.45, 2.75) is 38.5 Å². The average Bonchev–Trinajstić information content (AvgIpc) is 3.02. The Hall–Kier alpha value is -5.67. The van der Waals surface area contributed by atoms with E-state index in [-0.39, 0.29) is 23.1 Å². The van der Waals surface area contributed by atoms with Gasteiger partial charge in [0.25, 0.3) is 11.8 Å². The Kier molecular flexibility index (Phi) is 8.09. The number of nitrogens with one attached hydrogen (secondary N) is 4. The van der Waals surface area contributed by atoms with Crippen LogP contribution in [0.2, 0.25) is 0 Å². The van der Waals surface area contributed by atoms with Gasteiger partial charge in [0.2, 0.25) is 0 Å². The van der Waals surface area contributed by atoms with Gasteiger partial charge < -0.3 is 21.7 Å². The quantitative estimate of drug-likeness (QED) is 0.124. The SMILES string of the molecule is CC[C@H](Nc1ncnc(N)c1C#N)C1(C)Nc2cccc(NCc3ccc(C(=O)NO)cc3)c2C(=O)N1c1ccccc1. The lowest BCUT2D eigenvalue weighted by Crippen LogP contribution is -2.66. The Morgan fingerprint density at radius 1 is 1.12 bits per heavy atom. The summed E-state index contributed by atoms with van der Waals surface area (Å²) < 4.78 is 0. The van der Waals surface area contributed by atoms with Crippen molar-refractivity contribution in [1.82, 2.24) is 15.4 Å². The van der Waals surface area contributed by atoms with Crippen LogP contribution < -0.4 is 32.1 Å². The second-order valence-electron chi connectivity index (χ2n) is 10.2. The number of benzene rings is 3. The molecule has 1 aromatic heterocycles. The van der Waals surface area contributed by atoms with Gasteiger partial charge >= 0.3 is 0 Å². The lowest BCUT2D eigenvalue weighted by atomic mass is 9.90. The van der Waals surface area contributed by atoms with E-state index in [9.17, 15) is 14.9 Å². The molecule has 2 heterocycles. The summed E-state index contributed by atoms with van der Waals surface area (Å²) in [4.78, 5) is 36.1. The number of anilines is 5. The highest BCUT2D eigenvalue weighted by Crippen LogP contribution is 2.41. The van der Waals surface area contributed by atoms with Gasteiger partial charge in [-0.15, -0.1) is 0 Å². The molecule has 1 unspecified atom stereocenters. The molecule has 1 aliphatic rings. The monoisotopic (exact) mass is 577 g/mol. The van der Waals surface area contributed by atoms with Gasteiger partial charge in [-0.1, -0.05) is 43.3 Å². The van der Waals surface area contributed by atoms with Crippen molar-refractivity contribution in [2.24, 2.45) is 0 Å². The maximum atomic E-state index is 14.5. The first-order valence-corrected chi connectivity index (χ1v) is 13.7. The molecule has 0 fully saturated rings. The van der Waals surface area contributed by atoms with Crippen molar-refractivity contribution in [3.05, 3.63) is 101 Å². The second-order valence-corrected chi connectivity index (χ2v) is 10.2. The zero-order valence-corrected chi connectivity index (χ0v) is 23.6. The molecule has 12 heteroatoms. The van der Waals surface area contributed by atoms with Crippen molar-refractivity contribution in [3.63, 3.8) is 0 Å². The maximum absolute atomic E-state index is 14.5. The molecule has 4 aromatic rings. The van der Waals surface area contributed by atoms with Crippen LogP contribution in [-0.2, 0) is 6.54 Å². The third-order valence-electron chi connectivity index (χ3n) is 7.53. The highest BCUT2D eigenvalue weighted by Gasteiger charge is 2.48. The summed E-state index contributed by atoms with van der Waals surface area (Å²) in [6.45, 7) is 4.30. The molecule has 3 aromatic carbocycles. The average molecular weight is 578 g/mol. The number of fused-ring (bicyclic) bond motifs is 1. The van der Waals surface area contributed by atoms with Gasteiger partial charge in [-0.05, 0) is 55.3 Å². The number of nitrogens with two attached hydrogens (primary N) is 1. The highest BCUT2D eigenvalue weighted by molar-refractivity contribution is 6.16. The van der Waals surface area contributed by atoms with Gasteiger partial charge in [0.05, 0.1) is 17.3 Å². The molecule has 43 heavy (non-hydrogen) atoms. The molecule has 2 atom stereocenters. The van der Waals surface area contributed by atoms with Gasteiger partial charge in [0.1, 0.15) is 35.3 Å². The van der Waals surface area contributed by atoms with E-state index in [0.717, 1.165) is 5.56 Å². The van der Waals surface area contributed by atoms with E-state index in [4.69, 9.17) is 10.9 Å². The van der Waals surface area contributed by atoms with E-state index in [1.54, 1.807) is 34.6 Å². The van der Waals surface area contributed by atoms with Gasteiger partial charge in [-0.25, -0.2) is 15.4 Å². The third kappa shape index (κ3) is 5.49. The van der Waals surface area contributed by atoms with E-state index >= 15 is 0 Å². The van der Waals surface area contributed by atoms with Crippen LogP contribution in [0.5, 0.6) is 0 Å². The molecule has 0 aliphatic carbocycles. The Balaban J connectivity index is 1.52. The molecule has 0 radical (unpaired) electrons. The molecular weight excluding hydrogens is 546 g/mol. The van der Waals surface area contributed by atoms with Crippen LogP contribution in [0.15, 0.2) is 79.1 Å². The van der Waals surface area contributed by atoms with Gasteiger partial charge in [0, 0.05) is 23.5 Å². The molecular formula is C31H31N9O3. The van der Waals surface area contributed by atoms with Gasteiger partial charge in [0.15, 0.2) is 0 Å². The van der Waals surface area contributed by atoms with Gasteiger partial charge in [-0.3, -0.25) is 19.7 Å². The molecule has 218 valence electrons. The maximum Gasteiger partial charge on any atom is 0.274 e. The lowest BCUT2D eigenvalue weighted by molar-refractivity contribution is 0.0706. The predicted molar refractivity (Wildman–Crippen MR) is 164 cm³/mol. The van der Waals surface area contributed by atoms with Crippen molar-refractivity contribution in [3.8, 4) is 6.07 Å². The Morgan fingerprint density at radius 2 is 1.86 bits per heavy atom. The van der Waals surface area contributed by atoms with Crippen LogP contribution in [0.1, 0.15) is 52.1 Å². The van der Waals surface area contributed by atoms with E-state index in [2.05, 4.69) is 32.0 Å². The van der Waals surface area contributed by atoms with Gasteiger partial charge in [-0.2, -0.15) is 5.26 Å². The van der Waals surface area contributed by atoms with Crippen LogP contribution in [0.25, 0.3) is 0 Å². The van der Waals surface area contributed by atoms with Crippen LogP contribution in [0, 0.1) is 11.3 Å². The Bertz CT molecular complexity index is 1690. The number of aromatic nitrogens is 2. The zero-order chi connectivity index (χ0) is 30.6. The summed E-state index contributed by atoms with van der Waals surface area (Å²) in [5.74, 6) is -0.457. The molecule has 0 saturated carbocycles. The minimum Gasteiger partial charge on any atom is -0.382 e. The summed E-state index contributed by atoms with van der Waals surface area (Å²) in [5.41, 5.74) is 10.3. The second kappa shape index (κ2) is 12.1. The Labute approximate surface area is 248 Å². The number of nitrogens with zero attached hydrogens (tertiary/aromatic N) is 4. The Morgan fingerprint density at radius 3 is 2.53 bits per heavy atom. The van der Waals surface area contributed by atoms with Crippen LogP contribution in [0.4, 0.5) is 28.7 Å². The van der Waals surface area contributed by atoms with Crippen molar-refractivity contribution in [1.29, 1.82) is 5.26 Å². The highest BCUT2D eigenvalue weighted by atomic mass is 16.5. The first kappa shape index (κ1) is 28.8. The summed E-state index contributed by atoms with van der Waals surface area (Å²) in [7, 11) is 0. The molecule has 1 aliphatic heterocycles. The number of carbonyl (C=O) groups excluding carboxylic acids is 2. The fourth-order valence-corrected chi connectivity index (χ4v) is 5.35. The molecule has 7 N–H and O–H groups in total. The van der Waals surface area contributed by atoms with E-state index in [1.165, 1.54) is 6.33 Å². The van der Waals surface area contributed by atoms with Crippen LogP contribution in [-0.4, -0.2) is 38.7 Å². The van der Waals surface area contributed by atoms with Crippen molar-refractivity contribution < 1.29 is 14.8 Å².